The lowest BCUT2D eigenvalue weighted by molar-refractivity contribution is -0.133. The molecule has 3 aromatic carbocycles. The van der Waals surface area contributed by atoms with Crippen molar-refractivity contribution in [2.24, 2.45) is 0 Å². The summed E-state index contributed by atoms with van der Waals surface area (Å²) in [5, 5.41) is 5.46. The number of amides is 2. The zero-order valence-electron chi connectivity index (χ0n) is 15.8. The Labute approximate surface area is 168 Å². The van der Waals surface area contributed by atoms with Crippen molar-refractivity contribution < 1.29 is 19.1 Å². The minimum atomic E-state index is -0.404. The molecule has 0 saturated carbocycles. The van der Waals surface area contributed by atoms with Gasteiger partial charge in [-0.2, -0.15) is 0 Å². The monoisotopic (exact) mass is 388 g/mol. The van der Waals surface area contributed by atoms with Crippen LogP contribution in [0.1, 0.15) is 22.8 Å². The molecule has 0 aromatic heterocycles. The standard InChI is InChI=1S/C23H20N2O4/c1-16(26)24-19-9-7-17(8-10-19)15-22(27)29-21-13-11-20(12-14-21)25-23(28)18-5-3-2-4-6-18/h2-14H,15H2,1H3,(H,24,26)(H,25,28). The van der Waals surface area contributed by atoms with Gasteiger partial charge in [-0.25, -0.2) is 0 Å². The molecule has 2 N–H and O–H groups in total. The van der Waals surface area contributed by atoms with E-state index in [2.05, 4.69) is 10.6 Å². The summed E-state index contributed by atoms with van der Waals surface area (Å²) in [6, 6.07) is 22.5. The van der Waals surface area contributed by atoms with Crippen LogP contribution < -0.4 is 15.4 Å². The Kier molecular flexibility index (Phi) is 6.37. The van der Waals surface area contributed by atoms with Crippen LogP contribution in [0.25, 0.3) is 0 Å². The third kappa shape index (κ3) is 6.04. The van der Waals surface area contributed by atoms with Crippen molar-refractivity contribution in [3.63, 3.8) is 0 Å². The number of nitrogens with one attached hydrogen (secondary N) is 2. The van der Waals surface area contributed by atoms with Crippen molar-refractivity contribution in [3.05, 3.63) is 90.0 Å². The molecule has 0 unspecified atom stereocenters. The van der Waals surface area contributed by atoms with Crippen LogP contribution in [0, 0.1) is 0 Å². The van der Waals surface area contributed by atoms with Gasteiger partial charge < -0.3 is 15.4 Å². The van der Waals surface area contributed by atoms with Gasteiger partial charge in [-0.1, -0.05) is 30.3 Å². The molecule has 0 aliphatic carbocycles. The molecule has 0 bridgehead atoms. The molecular formula is C23H20N2O4. The van der Waals surface area contributed by atoms with Crippen molar-refractivity contribution in [1.82, 2.24) is 0 Å². The Morgan fingerprint density at radius 2 is 1.34 bits per heavy atom. The molecule has 0 aliphatic rings. The van der Waals surface area contributed by atoms with E-state index in [-0.39, 0.29) is 18.2 Å². The first kappa shape index (κ1) is 19.8. The van der Waals surface area contributed by atoms with Gasteiger partial charge in [0.15, 0.2) is 0 Å². The number of anilines is 2. The number of carbonyl (C=O) groups is 3. The summed E-state index contributed by atoms with van der Waals surface area (Å²) >= 11 is 0. The summed E-state index contributed by atoms with van der Waals surface area (Å²) in [5.74, 6) is -0.375. The fourth-order valence-corrected chi connectivity index (χ4v) is 2.64. The highest BCUT2D eigenvalue weighted by molar-refractivity contribution is 6.04. The number of carbonyl (C=O) groups excluding carboxylic acids is 3. The lowest BCUT2D eigenvalue weighted by Crippen LogP contribution is -2.13. The first-order valence-electron chi connectivity index (χ1n) is 9.03. The van der Waals surface area contributed by atoms with Crippen molar-refractivity contribution in [1.29, 1.82) is 0 Å². The summed E-state index contributed by atoms with van der Waals surface area (Å²) in [6.07, 6.45) is 0.104. The van der Waals surface area contributed by atoms with Crippen LogP contribution in [-0.4, -0.2) is 17.8 Å². The molecule has 0 aliphatic heterocycles. The summed E-state index contributed by atoms with van der Waals surface area (Å²) < 4.78 is 5.34. The number of benzene rings is 3. The van der Waals surface area contributed by atoms with Gasteiger partial charge in [-0.05, 0) is 54.1 Å². The number of rotatable bonds is 6. The zero-order chi connectivity index (χ0) is 20.6. The van der Waals surface area contributed by atoms with Crippen LogP contribution in [0.15, 0.2) is 78.9 Å². The largest absolute Gasteiger partial charge is 0.426 e. The topological polar surface area (TPSA) is 84.5 Å². The van der Waals surface area contributed by atoms with Gasteiger partial charge in [-0.3, -0.25) is 14.4 Å². The lowest BCUT2D eigenvalue weighted by atomic mass is 10.1. The summed E-state index contributed by atoms with van der Waals surface area (Å²) in [4.78, 5) is 35.3. The van der Waals surface area contributed by atoms with Crippen molar-refractivity contribution in [2.45, 2.75) is 13.3 Å². The first-order chi connectivity index (χ1) is 14.0. The summed E-state index contributed by atoms with van der Waals surface area (Å²) in [7, 11) is 0. The second-order valence-corrected chi connectivity index (χ2v) is 6.37. The molecule has 3 aromatic rings. The number of hydrogen-bond acceptors (Lipinski definition) is 4. The summed E-state index contributed by atoms with van der Waals surface area (Å²) in [6.45, 7) is 1.43. The van der Waals surface area contributed by atoms with E-state index in [1.54, 1.807) is 72.8 Å². The van der Waals surface area contributed by atoms with E-state index in [1.165, 1.54) is 6.92 Å². The Morgan fingerprint density at radius 3 is 1.97 bits per heavy atom. The number of esters is 1. The molecule has 3 rings (SSSR count). The maximum absolute atomic E-state index is 12.1. The van der Waals surface area contributed by atoms with E-state index >= 15 is 0 Å². The molecule has 29 heavy (non-hydrogen) atoms. The molecule has 0 spiro atoms. The van der Waals surface area contributed by atoms with Gasteiger partial charge in [0.2, 0.25) is 5.91 Å². The van der Waals surface area contributed by atoms with Crippen LogP contribution in [0.4, 0.5) is 11.4 Å². The van der Waals surface area contributed by atoms with Gasteiger partial charge >= 0.3 is 5.97 Å². The van der Waals surface area contributed by atoms with Gasteiger partial charge in [0.1, 0.15) is 5.75 Å². The van der Waals surface area contributed by atoms with Crippen LogP contribution in [0.3, 0.4) is 0 Å². The second-order valence-electron chi connectivity index (χ2n) is 6.37. The molecule has 6 heteroatoms. The van der Waals surface area contributed by atoms with Gasteiger partial charge in [-0.15, -0.1) is 0 Å². The number of ether oxygens (including phenoxy) is 1. The van der Waals surface area contributed by atoms with Crippen molar-refractivity contribution >= 4 is 29.2 Å². The van der Waals surface area contributed by atoms with E-state index < -0.39 is 5.97 Å². The van der Waals surface area contributed by atoms with Crippen molar-refractivity contribution in [2.75, 3.05) is 10.6 Å². The highest BCUT2D eigenvalue weighted by atomic mass is 16.5. The molecule has 0 heterocycles. The van der Waals surface area contributed by atoms with Crippen LogP contribution >= 0.6 is 0 Å². The van der Waals surface area contributed by atoms with Crippen LogP contribution in [-0.2, 0) is 16.0 Å². The Morgan fingerprint density at radius 1 is 0.759 bits per heavy atom. The SMILES string of the molecule is CC(=O)Nc1ccc(CC(=O)Oc2ccc(NC(=O)c3ccccc3)cc2)cc1. The van der Waals surface area contributed by atoms with Gasteiger partial charge in [0, 0.05) is 23.9 Å². The third-order valence-electron chi connectivity index (χ3n) is 4.00. The highest BCUT2D eigenvalue weighted by Crippen LogP contribution is 2.18. The molecule has 0 atom stereocenters. The van der Waals surface area contributed by atoms with E-state index in [9.17, 15) is 14.4 Å². The quantitative estimate of drug-likeness (QED) is 0.493. The number of hydrogen-bond donors (Lipinski definition) is 2. The second kappa shape index (κ2) is 9.32. The average molecular weight is 388 g/mol. The predicted molar refractivity (Wildman–Crippen MR) is 111 cm³/mol. The normalized spacial score (nSPS) is 10.1. The fourth-order valence-electron chi connectivity index (χ4n) is 2.64. The van der Waals surface area contributed by atoms with Crippen LogP contribution in [0.2, 0.25) is 0 Å². The maximum atomic E-state index is 12.1. The lowest BCUT2D eigenvalue weighted by Gasteiger charge is -2.08. The zero-order valence-corrected chi connectivity index (χ0v) is 15.8. The Bertz CT molecular complexity index is 997. The van der Waals surface area contributed by atoms with Gasteiger partial charge in [0.25, 0.3) is 5.91 Å². The van der Waals surface area contributed by atoms with Gasteiger partial charge in [0.05, 0.1) is 6.42 Å². The molecule has 0 fully saturated rings. The molecular weight excluding hydrogens is 368 g/mol. The average Bonchev–Trinajstić information content (AvgIpc) is 2.71. The fraction of sp³-hybridized carbons (Fsp3) is 0.0870. The molecule has 0 radical (unpaired) electrons. The van der Waals surface area contributed by atoms with Crippen LogP contribution in [0.5, 0.6) is 5.75 Å². The Balaban J connectivity index is 1.53. The Hall–Kier alpha value is -3.93. The molecule has 146 valence electrons. The molecule has 0 saturated heterocycles. The maximum Gasteiger partial charge on any atom is 0.315 e. The van der Waals surface area contributed by atoms with E-state index in [0.29, 0.717) is 22.7 Å². The minimum absolute atomic E-state index is 0.104. The highest BCUT2D eigenvalue weighted by Gasteiger charge is 2.09. The molecule has 6 nitrogen and oxygen atoms in total. The smallest absolute Gasteiger partial charge is 0.315 e. The molecule has 2 amide bonds. The predicted octanol–water partition coefficient (Wildman–Crippen LogP) is 4.05. The van der Waals surface area contributed by atoms with Crippen molar-refractivity contribution in [3.8, 4) is 5.75 Å². The third-order valence-corrected chi connectivity index (χ3v) is 4.00. The van der Waals surface area contributed by atoms with E-state index in [0.717, 1.165) is 5.56 Å². The van der Waals surface area contributed by atoms with E-state index in [1.807, 2.05) is 6.07 Å². The minimum Gasteiger partial charge on any atom is -0.426 e. The summed E-state index contributed by atoms with van der Waals surface area (Å²) in [5.41, 5.74) is 2.61. The first-order valence-corrected chi connectivity index (χ1v) is 9.03. The van der Waals surface area contributed by atoms with E-state index in [4.69, 9.17) is 4.74 Å².